The maximum Gasteiger partial charge on any atom is 0.335 e. The van der Waals surface area contributed by atoms with Gasteiger partial charge in [0.15, 0.2) is 0 Å². The lowest BCUT2D eigenvalue weighted by molar-refractivity contribution is 0.0696. The van der Waals surface area contributed by atoms with Gasteiger partial charge in [0.1, 0.15) is 11.5 Å². The van der Waals surface area contributed by atoms with Crippen molar-refractivity contribution in [3.8, 4) is 17.6 Å². The number of aromatic hydroxyl groups is 1. The topological polar surface area (TPSA) is 66.8 Å². The Balaban J connectivity index is 2.18. The van der Waals surface area contributed by atoms with Crippen LogP contribution in [0.15, 0.2) is 72.0 Å². The Labute approximate surface area is 190 Å². The Morgan fingerprint density at radius 3 is 2.44 bits per heavy atom. The number of carboxylic acids is 1. The van der Waals surface area contributed by atoms with E-state index in [9.17, 15) is 15.0 Å². The molecule has 0 aliphatic heterocycles. The van der Waals surface area contributed by atoms with Crippen LogP contribution in [-0.2, 0) is 11.2 Å². The van der Waals surface area contributed by atoms with E-state index in [-0.39, 0.29) is 11.3 Å². The number of ether oxygens (including phenoxy) is 1. The summed E-state index contributed by atoms with van der Waals surface area (Å²) in [6.45, 7) is 8.40. The van der Waals surface area contributed by atoms with Gasteiger partial charge in [0.05, 0.1) is 12.2 Å². The number of benzene rings is 2. The first-order valence-corrected chi connectivity index (χ1v) is 10.6. The van der Waals surface area contributed by atoms with E-state index in [4.69, 9.17) is 4.74 Å². The van der Waals surface area contributed by atoms with Crippen LogP contribution >= 0.6 is 0 Å². The highest BCUT2D eigenvalue weighted by atomic mass is 16.5. The van der Waals surface area contributed by atoms with Crippen molar-refractivity contribution in [3.63, 3.8) is 0 Å². The molecule has 0 atom stereocenters. The predicted octanol–water partition coefficient (Wildman–Crippen LogP) is 6.17. The fourth-order valence-corrected chi connectivity index (χ4v) is 3.00. The van der Waals surface area contributed by atoms with Crippen LogP contribution in [-0.4, -0.2) is 22.8 Å². The first-order valence-electron chi connectivity index (χ1n) is 10.6. The van der Waals surface area contributed by atoms with Gasteiger partial charge >= 0.3 is 5.97 Å². The van der Waals surface area contributed by atoms with Crippen molar-refractivity contribution in [2.45, 2.75) is 40.5 Å². The third kappa shape index (κ3) is 7.85. The quantitative estimate of drug-likeness (QED) is 0.227. The molecule has 0 aliphatic carbocycles. The summed E-state index contributed by atoms with van der Waals surface area (Å²) < 4.78 is 5.88. The SMILES string of the molecule is C/C=C\C(=C/C=C(C)C)OCCCc1cc(C(=O)O)ccc1C#Cc1ccc(O)cc1C. The van der Waals surface area contributed by atoms with Gasteiger partial charge in [-0.1, -0.05) is 29.6 Å². The number of phenolic OH excluding ortho intramolecular Hbond substituents is 1. The lowest BCUT2D eigenvalue weighted by Crippen LogP contribution is -2.02. The highest BCUT2D eigenvalue weighted by Crippen LogP contribution is 2.17. The molecule has 0 radical (unpaired) electrons. The van der Waals surface area contributed by atoms with Gasteiger partial charge in [0, 0.05) is 11.1 Å². The third-order valence-corrected chi connectivity index (χ3v) is 4.67. The number of allylic oxidation sites excluding steroid dienone is 5. The van der Waals surface area contributed by atoms with Crippen molar-refractivity contribution in [2.24, 2.45) is 0 Å². The minimum absolute atomic E-state index is 0.204. The molecule has 4 nitrogen and oxygen atoms in total. The normalized spacial score (nSPS) is 11.1. The lowest BCUT2D eigenvalue weighted by Gasteiger charge is -2.09. The Hall–Kier alpha value is -3.71. The monoisotopic (exact) mass is 430 g/mol. The Morgan fingerprint density at radius 2 is 1.78 bits per heavy atom. The molecule has 0 aliphatic rings. The first-order chi connectivity index (χ1) is 15.3. The molecule has 166 valence electrons. The number of rotatable bonds is 8. The van der Waals surface area contributed by atoms with E-state index in [1.54, 1.807) is 36.4 Å². The summed E-state index contributed by atoms with van der Waals surface area (Å²) in [5.74, 6) is 6.33. The Kier molecular flexibility index (Phi) is 9.38. The van der Waals surface area contributed by atoms with E-state index in [1.165, 1.54) is 5.57 Å². The molecule has 2 aromatic rings. The highest BCUT2D eigenvalue weighted by Gasteiger charge is 2.08. The van der Waals surface area contributed by atoms with Crippen LogP contribution in [0.1, 0.15) is 59.8 Å². The number of hydrogen-bond acceptors (Lipinski definition) is 3. The summed E-state index contributed by atoms with van der Waals surface area (Å²) in [4.78, 5) is 11.4. The molecule has 2 rings (SSSR count). The number of aryl methyl sites for hydroxylation is 2. The van der Waals surface area contributed by atoms with E-state index in [1.807, 2.05) is 52.0 Å². The summed E-state index contributed by atoms with van der Waals surface area (Å²) in [7, 11) is 0. The van der Waals surface area contributed by atoms with E-state index in [0.717, 1.165) is 34.4 Å². The third-order valence-electron chi connectivity index (χ3n) is 4.67. The standard InChI is InChI=1S/C28H30O4/c1-5-7-27(16-9-20(2)3)32-17-6-8-24-19-25(28(30)31)13-12-23(24)11-10-22-14-15-26(29)18-21(22)4/h5,7,9,12-16,18-19,29H,6,8,17H2,1-4H3,(H,30,31)/b7-5-,27-16+. The van der Waals surface area contributed by atoms with Crippen molar-refractivity contribution >= 4 is 5.97 Å². The summed E-state index contributed by atoms with van der Waals surface area (Å²) in [5, 5.41) is 18.9. The zero-order valence-corrected chi connectivity index (χ0v) is 19.1. The number of aromatic carboxylic acids is 1. The zero-order valence-electron chi connectivity index (χ0n) is 19.1. The fourth-order valence-electron chi connectivity index (χ4n) is 3.00. The molecule has 0 spiro atoms. The van der Waals surface area contributed by atoms with E-state index in [2.05, 4.69) is 11.8 Å². The van der Waals surface area contributed by atoms with Gasteiger partial charge in [0.2, 0.25) is 0 Å². The van der Waals surface area contributed by atoms with Crippen LogP contribution < -0.4 is 0 Å². The van der Waals surface area contributed by atoms with Gasteiger partial charge in [-0.15, -0.1) is 0 Å². The van der Waals surface area contributed by atoms with Crippen molar-refractivity contribution in [2.75, 3.05) is 6.61 Å². The molecule has 2 aromatic carbocycles. The van der Waals surface area contributed by atoms with Gasteiger partial charge in [-0.25, -0.2) is 4.79 Å². The Bertz CT molecular complexity index is 1100. The number of carbonyl (C=O) groups is 1. The van der Waals surface area contributed by atoms with Crippen LogP contribution in [0, 0.1) is 18.8 Å². The molecule has 0 unspecified atom stereocenters. The molecule has 0 amide bonds. The molecular weight excluding hydrogens is 400 g/mol. The van der Waals surface area contributed by atoms with Crippen molar-refractivity contribution in [3.05, 3.63) is 99.9 Å². The van der Waals surface area contributed by atoms with E-state index >= 15 is 0 Å². The second-order valence-electron chi connectivity index (χ2n) is 7.69. The van der Waals surface area contributed by atoms with Crippen molar-refractivity contribution in [1.82, 2.24) is 0 Å². The summed E-state index contributed by atoms with van der Waals surface area (Å²) >= 11 is 0. The maximum atomic E-state index is 11.4. The number of hydrogen-bond donors (Lipinski definition) is 2. The van der Waals surface area contributed by atoms with Gasteiger partial charge in [-0.05, 0) is 100 Å². The summed E-state index contributed by atoms with van der Waals surface area (Å²) in [5.41, 5.74) is 4.79. The molecule has 32 heavy (non-hydrogen) atoms. The first kappa shape index (κ1) is 24.6. The number of carboxylic acid groups (broad SMARTS) is 1. The van der Waals surface area contributed by atoms with Gasteiger partial charge in [0.25, 0.3) is 0 Å². The predicted molar refractivity (Wildman–Crippen MR) is 129 cm³/mol. The van der Waals surface area contributed by atoms with Crippen molar-refractivity contribution in [1.29, 1.82) is 0 Å². The smallest absolute Gasteiger partial charge is 0.335 e. The van der Waals surface area contributed by atoms with Crippen LogP contribution in [0.3, 0.4) is 0 Å². The second kappa shape index (κ2) is 12.2. The molecular formula is C28H30O4. The van der Waals surface area contributed by atoms with Crippen LogP contribution in [0.25, 0.3) is 0 Å². The van der Waals surface area contributed by atoms with Crippen LogP contribution in [0.4, 0.5) is 0 Å². The zero-order chi connectivity index (χ0) is 23.5. The van der Waals surface area contributed by atoms with Gasteiger partial charge in [-0.2, -0.15) is 0 Å². The molecule has 0 saturated heterocycles. The minimum Gasteiger partial charge on any atom is -0.508 e. The van der Waals surface area contributed by atoms with Crippen LogP contribution in [0.2, 0.25) is 0 Å². The molecule has 2 N–H and O–H groups in total. The highest BCUT2D eigenvalue weighted by molar-refractivity contribution is 5.88. The molecule has 4 heteroatoms. The molecule has 0 saturated carbocycles. The lowest BCUT2D eigenvalue weighted by atomic mass is 9.99. The summed E-state index contributed by atoms with van der Waals surface area (Å²) in [6.07, 6.45) is 9.16. The number of phenols is 1. The van der Waals surface area contributed by atoms with Crippen LogP contribution in [0.5, 0.6) is 5.75 Å². The second-order valence-corrected chi connectivity index (χ2v) is 7.69. The maximum absolute atomic E-state index is 11.4. The molecule has 0 fully saturated rings. The van der Waals surface area contributed by atoms with E-state index < -0.39 is 5.97 Å². The molecule has 0 aromatic heterocycles. The fraction of sp³-hybridized carbons (Fsp3) is 0.250. The van der Waals surface area contributed by atoms with E-state index in [0.29, 0.717) is 13.0 Å². The van der Waals surface area contributed by atoms with Gasteiger partial charge < -0.3 is 14.9 Å². The summed E-state index contributed by atoms with van der Waals surface area (Å²) in [6, 6.07) is 10.1. The molecule has 0 heterocycles. The Morgan fingerprint density at radius 1 is 1.06 bits per heavy atom. The average Bonchev–Trinajstić information content (AvgIpc) is 2.74. The van der Waals surface area contributed by atoms with Crippen molar-refractivity contribution < 1.29 is 19.7 Å². The molecule has 0 bridgehead atoms. The average molecular weight is 431 g/mol. The minimum atomic E-state index is -0.962. The van der Waals surface area contributed by atoms with Gasteiger partial charge in [-0.3, -0.25) is 0 Å². The largest absolute Gasteiger partial charge is 0.508 e.